The topological polar surface area (TPSA) is 46.9 Å². The van der Waals surface area contributed by atoms with Crippen LogP contribution in [-0.2, 0) is 11.2 Å². The molecule has 26 heavy (non-hydrogen) atoms. The molecule has 0 aliphatic carbocycles. The number of benzene rings is 2. The molecule has 0 aliphatic heterocycles. The van der Waals surface area contributed by atoms with Gasteiger partial charge in [0.1, 0.15) is 5.82 Å². The Morgan fingerprint density at radius 2 is 1.69 bits per heavy atom. The zero-order valence-corrected chi connectivity index (χ0v) is 15.5. The lowest BCUT2D eigenvalue weighted by Crippen LogP contribution is -2.20. The van der Waals surface area contributed by atoms with Crippen LogP contribution in [0.3, 0.4) is 0 Å². The summed E-state index contributed by atoms with van der Waals surface area (Å²) in [7, 11) is 0. The third-order valence-corrected chi connectivity index (χ3v) is 4.41. The molecule has 3 aromatic rings. The number of nitrogens with one attached hydrogen (secondary N) is 1. The first kappa shape index (κ1) is 17.9. The number of aromatic nitrogens is 2. The summed E-state index contributed by atoms with van der Waals surface area (Å²) in [6.45, 7) is 6.34. The molecule has 0 saturated carbocycles. The Kier molecular flexibility index (Phi) is 5.52. The third kappa shape index (κ3) is 4.20. The molecule has 4 heteroatoms. The van der Waals surface area contributed by atoms with Gasteiger partial charge >= 0.3 is 0 Å². The van der Waals surface area contributed by atoms with Crippen LogP contribution in [0.2, 0.25) is 0 Å². The lowest BCUT2D eigenvalue weighted by Gasteiger charge is -2.14. The van der Waals surface area contributed by atoms with Gasteiger partial charge in [-0.2, -0.15) is 5.10 Å². The molecule has 0 spiro atoms. The lowest BCUT2D eigenvalue weighted by molar-refractivity contribution is -0.117. The predicted octanol–water partition coefficient (Wildman–Crippen LogP) is 4.81. The first-order chi connectivity index (χ1) is 12.5. The number of rotatable bonds is 6. The van der Waals surface area contributed by atoms with E-state index in [0.717, 1.165) is 17.7 Å². The summed E-state index contributed by atoms with van der Waals surface area (Å²) in [5, 5.41) is 7.31. The van der Waals surface area contributed by atoms with Crippen molar-refractivity contribution in [3.63, 3.8) is 0 Å². The Hall–Kier alpha value is -2.88. The van der Waals surface area contributed by atoms with Crippen LogP contribution in [0.4, 0.5) is 5.82 Å². The third-order valence-electron chi connectivity index (χ3n) is 4.41. The van der Waals surface area contributed by atoms with E-state index in [1.165, 1.54) is 5.56 Å². The Morgan fingerprint density at radius 1 is 1.00 bits per heavy atom. The van der Waals surface area contributed by atoms with Gasteiger partial charge in [0.05, 0.1) is 17.8 Å². The van der Waals surface area contributed by atoms with Crippen LogP contribution >= 0.6 is 0 Å². The highest BCUT2D eigenvalue weighted by Gasteiger charge is 2.17. The molecule has 0 bridgehead atoms. The largest absolute Gasteiger partial charge is 0.310 e. The Morgan fingerprint density at radius 3 is 2.35 bits per heavy atom. The summed E-state index contributed by atoms with van der Waals surface area (Å²) in [5.74, 6) is 1.02. The number of nitrogens with zero attached hydrogens (tertiary/aromatic N) is 2. The SMILES string of the molecule is CC(C)Cc1ccc(C(C)C(=O)Nc2ccnn2-c2ccccc2)cc1. The summed E-state index contributed by atoms with van der Waals surface area (Å²) < 4.78 is 1.73. The van der Waals surface area contributed by atoms with E-state index in [1.807, 2.05) is 43.3 Å². The van der Waals surface area contributed by atoms with Gasteiger partial charge < -0.3 is 5.32 Å². The van der Waals surface area contributed by atoms with Gasteiger partial charge in [0.2, 0.25) is 5.91 Å². The van der Waals surface area contributed by atoms with Crippen LogP contribution in [-0.4, -0.2) is 15.7 Å². The monoisotopic (exact) mass is 347 g/mol. The van der Waals surface area contributed by atoms with Crippen molar-refractivity contribution in [2.75, 3.05) is 5.32 Å². The highest BCUT2D eigenvalue weighted by atomic mass is 16.2. The van der Waals surface area contributed by atoms with Gasteiger partial charge in [-0.3, -0.25) is 4.79 Å². The van der Waals surface area contributed by atoms with E-state index in [0.29, 0.717) is 11.7 Å². The standard InChI is InChI=1S/C22H25N3O/c1-16(2)15-18-9-11-19(12-10-18)17(3)22(26)24-21-13-14-23-25(21)20-7-5-4-6-8-20/h4-14,16-17H,15H2,1-3H3,(H,24,26). The van der Waals surface area contributed by atoms with Crippen molar-refractivity contribution in [3.05, 3.63) is 78.0 Å². The average Bonchev–Trinajstić information content (AvgIpc) is 3.10. The van der Waals surface area contributed by atoms with Crippen LogP contribution in [0, 0.1) is 5.92 Å². The minimum atomic E-state index is -0.234. The van der Waals surface area contributed by atoms with Crippen molar-refractivity contribution in [2.45, 2.75) is 33.1 Å². The average molecular weight is 347 g/mol. The number of carbonyl (C=O) groups excluding carboxylic acids is 1. The minimum Gasteiger partial charge on any atom is -0.310 e. The molecular formula is C22H25N3O. The van der Waals surface area contributed by atoms with Crippen LogP contribution in [0.5, 0.6) is 0 Å². The van der Waals surface area contributed by atoms with Gasteiger partial charge in [-0.15, -0.1) is 0 Å². The number of amides is 1. The highest BCUT2D eigenvalue weighted by Crippen LogP contribution is 2.21. The van der Waals surface area contributed by atoms with Crippen molar-refractivity contribution in [1.29, 1.82) is 0 Å². The summed E-state index contributed by atoms with van der Waals surface area (Å²) in [4.78, 5) is 12.7. The molecule has 1 N–H and O–H groups in total. The van der Waals surface area contributed by atoms with Crippen molar-refractivity contribution < 1.29 is 4.79 Å². The first-order valence-corrected chi connectivity index (χ1v) is 9.03. The number of hydrogen-bond acceptors (Lipinski definition) is 2. The van der Waals surface area contributed by atoms with E-state index in [4.69, 9.17) is 0 Å². The van der Waals surface area contributed by atoms with Crippen molar-refractivity contribution >= 4 is 11.7 Å². The van der Waals surface area contributed by atoms with E-state index in [2.05, 4.69) is 48.5 Å². The van der Waals surface area contributed by atoms with E-state index >= 15 is 0 Å². The molecular weight excluding hydrogens is 322 g/mol. The van der Waals surface area contributed by atoms with Gasteiger partial charge in [-0.1, -0.05) is 56.3 Å². The Bertz CT molecular complexity index is 851. The summed E-state index contributed by atoms with van der Waals surface area (Å²) >= 11 is 0. The number of anilines is 1. The zero-order chi connectivity index (χ0) is 18.5. The van der Waals surface area contributed by atoms with Gasteiger partial charge in [0, 0.05) is 6.07 Å². The molecule has 134 valence electrons. The van der Waals surface area contributed by atoms with E-state index < -0.39 is 0 Å². The number of hydrogen-bond donors (Lipinski definition) is 1. The summed E-state index contributed by atoms with van der Waals surface area (Å²) in [5.41, 5.74) is 3.23. The molecule has 0 fully saturated rings. The lowest BCUT2D eigenvalue weighted by atomic mass is 9.96. The molecule has 1 aromatic heterocycles. The van der Waals surface area contributed by atoms with Crippen LogP contribution in [0.25, 0.3) is 5.69 Å². The van der Waals surface area contributed by atoms with E-state index in [9.17, 15) is 4.79 Å². The smallest absolute Gasteiger partial charge is 0.232 e. The maximum Gasteiger partial charge on any atom is 0.232 e. The molecule has 1 heterocycles. The van der Waals surface area contributed by atoms with Crippen LogP contribution < -0.4 is 5.32 Å². The van der Waals surface area contributed by atoms with Gasteiger partial charge in [-0.05, 0) is 42.5 Å². The molecule has 1 atom stereocenters. The summed E-state index contributed by atoms with van der Waals surface area (Å²) in [6.07, 6.45) is 2.74. The normalized spacial score (nSPS) is 12.2. The second-order valence-corrected chi connectivity index (χ2v) is 7.01. The fourth-order valence-electron chi connectivity index (χ4n) is 2.97. The van der Waals surface area contributed by atoms with E-state index in [1.54, 1.807) is 10.9 Å². The summed E-state index contributed by atoms with van der Waals surface area (Å²) in [6, 6.07) is 19.9. The molecule has 1 unspecified atom stereocenters. The van der Waals surface area contributed by atoms with Crippen molar-refractivity contribution in [2.24, 2.45) is 5.92 Å². The molecule has 0 radical (unpaired) electrons. The van der Waals surface area contributed by atoms with E-state index in [-0.39, 0.29) is 11.8 Å². The van der Waals surface area contributed by atoms with Crippen molar-refractivity contribution in [3.8, 4) is 5.69 Å². The van der Waals surface area contributed by atoms with Crippen LogP contribution in [0.15, 0.2) is 66.9 Å². The first-order valence-electron chi connectivity index (χ1n) is 9.03. The maximum atomic E-state index is 12.7. The maximum absolute atomic E-state index is 12.7. The molecule has 2 aromatic carbocycles. The second kappa shape index (κ2) is 8.00. The molecule has 1 amide bonds. The quantitative estimate of drug-likeness (QED) is 0.695. The van der Waals surface area contributed by atoms with Gasteiger partial charge in [0.25, 0.3) is 0 Å². The van der Waals surface area contributed by atoms with Crippen molar-refractivity contribution in [1.82, 2.24) is 9.78 Å². The Balaban J connectivity index is 1.71. The number of para-hydroxylation sites is 1. The highest BCUT2D eigenvalue weighted by molar-refractivity contribution is 5.95. The molecule has 4 nitrogen and oxygen atoms in total. The molecule has 0 saturated heterocycles. The fraction of sp³-hybridized carbons (Fsp3) is 0.273. The molecule has 3 rings (SSSR count). The molecule has 0 aliphatic rings. The number of carbonyl (C=O) groups is 1. The van der Waals surface area contributed by atoms with Crippen LogP contribution in [0.1, 0.15) is 37.8 Å². The predicted molar refractivity (Wildman–Crippen MR) is 106 cm³/mol. The fourth-order valence-corrected chi connectivity index (χ4v) is 2.97. The van der Waals surface area contributed by atoms with Gasteiger partial charge in [0.15, 0.2) is 0 Å². The second-order valence-electron chi connectivity index (χ2n) is 7.01. The van der Waals surface area contributed by atoms with Gasteiger partial charge in [-0.25, -0.2) is 4.68 Å². The zero-order valence-electron chi connectivity index (χ0n) is 15.5. The minimum absolute atomic E-state index is 0.0423. The Labute approximate surface area is 154 Å².